The van der Waals surface area contributed by atoms with Gasteiger partial charge in [-0.3, -0.25) is 0 Å². The minimum atomic E-state index is -3.02. The van der Waals surface area contributed by atoms with Gasteiger partial charge in [-0.25, -0.2) is 0 Å². The van der Waals surface area contributed by atoms with Crippen LogP contribution < -0.4 is 10.6 Å². The van der Waals surface area contributed by atoms with E-state index in [0.29, 0.717) is 0 Å². The second-order valence-corrected chi connectivity index (χ2v) is 9.83. The topological polar surface area (TPSA) is 17.1 Å². The van der Waals surface area contributed by atoms with Crippen molar-refractivity contribution in [2.45, 2.75) is 12.6 Å². The fraction of sp³-hybridized carbons (Fsp3) is 0.0769. The van der Waals surface area contributed by atoms with Crippen molar-refractivity contribution in [1.82, 2.24) is 0 Å². The van der Waals surface area contributed by atoms with Gasteiger partial charge in [0.05, 0.1) is 5.66 Å². The van der Waals surface area contributed by atoms with Crippen molar-refractivity contribution in [3.8, 4) is 0 Å². The van der Waals surface area contributed by atoms with Gasteiger partial charge in [0, 0.05) is 10.6 Å². The predicted molar refractivity (Wildman–Crippen MR) is 119 cm³/mol. The highest BCUT2D eigenvalue weighted by Gasteiger charge is 2.39. The minimum absolute atomic E-state index is 0.238. The van der Waals surface area contributed by atoms with Gasteiger partial charge in [0.25, 0.3) is 0 Å². The Hall–Kier alpha value is -2.89. The van der Waals surface area contributed by atoms with Crippen LogP contribution in [0.3, 0.4) is 0 Å². The molecule has 0 N–H and O–H groups in total. The van der Waals surface area contributed by atoms with E-state index < -0.39 is 7.14 Å². The van der Waals surface area contributed by atoms with Gasteiger partial charge in [0.1, 0.15) is 0 Å². The molecule has 1 unspecified atom stereocenters. The number of aryl methyl sites for hydroxylation is 1. The zero-order valence-electron chi connectivity index (χ0n) is 15.9. The van der Waals surface area contributed by atoms with Crippen LogP contribution >= 0.6 is 7.14 Å². The van der Waals surface area contributed by atoms with E-state index in [1.807, 2.05) is 84.9 Å². The van der Waals surface area contributed by atoms with Crippen molar-refractivity contribution in [3.05, 3.63) is 132 Å². The largest absolute Gasteiger partial charge is 0.313 e. The molecule has 0 aliphatic heterocycles. The van der Waals surface area contributed by atoms with Gasteiger partial charge >= 0.3 is 0 Å². The second-order valence-electron chi connectivity index (χ2n) is 7.00. The number of rotatable bonds is 5. The molecule has 1 atom stereocenters. The van der Waals surface area contributed by atoms with E-state index in [2.05, 4.69) is 37.3 Å². The van der Waals surface area contributed by atoms with Crippen LogP contribution in [0.4, 0.5) is 0 Å². The summed E-state index contributed by atoms with van der Waals surface area (Å²) >= 11 is 0. The van der Waals surface area contributed by atoms with E-state index in [4.69, 9.17) is 0 Å². The first kappa shape index (κ1) is 18.5. The van der Waals surface area contributed by atoms with Gasteiger partial charge in [-0.15, -0.1) is 0 Å². The van der Waals surface area contributed by atoms with Crippen LogP contribution in [0.15, 0.2) is 115 Å². The molecule has 0 spiro atoms. The lowest BCUT2D eigenvalue weighted by molar-refractivity contribution is 0.582. The summed E-state index contributed by atoms with van der Waals surface area (Å²) in [5.74, 6) is 0. The summed E-state index contributed by atoms with van der Waals surface area (Å²) in [7, 11) is -3.02. The Kier molecular flexibility index (Phi) is 5.28. The third-order valence-corrected chi connectivity index (χ3v) is 8.81. The summed E-state index contributed by atoms with van der Waals surface area (Å²) in [6, 6.07) is 38.5. The van der Waals surface area contributed by atoms with Crippen LogP contribution in [0.2, 0.25) is 0 Å². The van der Waals surface area contributed by atoms with Crippen LogP contribution in [0.1, 0.15) is 22.3 Å². The molecule has 1 nitrogen and oxygen atoms in total. The highest BCUT2D eigenvalue weighted by Crippen LogP contribution is 2.60. The summed E-state index contributed by atoms with van der Waals surface area (Å²) in [5.41, 5.74) is 2.97. The lowest BCUT2D eigenvalue weighted by Gasteiger charge is -2.31. The van der Waals surface area contributed by atoms with Crippen LogP contribution in [0.25, 0.3) is 0 Å². The molecule has 0 heterocycles. The summed E-state index contributed by atoms with van der Waals surface area (Å²) in [4.78, 5) is 0. The van der Waals surface area contributed by atoms with Crippen LogP contribution in [0, 0.1) is 6.92 Å². The molecule has 0 saturated carbocycles. The maximum atomic E-state index is 15.1. The maximum absolute atomic E-state index is 15.1. The molecule has 0 radical (unpaired) electrons. The highest BCUT2D eigenvalue weighted by atomic mass is 31.2. The van der Waals surface area contributed by atoms with Crippen LogP contribution in [-0.2, 0) is 4.57 Å². The fourth-order valence-corrected chi connectivity index (χ4v) is 7.46. The zero-order chi connectivity index (χ0) is 19.4. The van der Waals surface area contributed by atoms with Gasteiger partial charge < -0.3 is 4.57 Å². The van der Waals surface area contributed by atoms with Crippen LogP contribution in [-0.4, -0.2) is 0 Å². The van der Waals surface area contributed by atoms with E-state index in [-0.39, 0.29) is 5.66 Å². The fourth-order valence-electron chi connectivity index (χ4n) is 3.90. The molecule has 0 aliphatic rings. The van der Waals surface area contributed by atoms with Gasteiger partial charge in [0.15, 0.2) is 7.14 Å². The molecular formula is C26H23OP. The Labute approximate surface area is 167 Å². The van der Waals surface area contributed by atoms with Crippen molar-refractivity contribution in [2.75, 3.05) is 0 Å². The van der Waals surface area contributed by atoms with E-state index >= 15 is 4.57 Å². The van der Waals surface area contributed by atoms with Gasteiger partial charge in [-0.1, -0.05) is 115 Å². The predicted octanol–water partition coefficient (Wildman–Crippen LogP) is 6.10. The number of benzene rings is 4. The Morgan fingerprint density at radius 1 is 0.571 bits per heavy atom. The molecular weight excluding hydrogens is 359 g/mol. The average Bonchev–Trinajstić information content (AvgIpc) is 2.76. The van der Waals surface area contributed by atoms with Crippen molar-refractivity contribution >= 4 is 17.8 Å². The Bertz CT molecular complexity index is 1050. The Morgan fingerprint density at radius 2 is 1.00 bits per heavy atom. The summed E-state index contributed by atoms with van der Waals surface area (Å²) in [6.45, 7) is 2.05. The molecule has 0 bridgehead atoms. The summed E-state index contributed by atoms with van der Waals surface area (Å²) in [6.07, 6.45) is 0. The van der Waals surface area contributed by atoms with E-state index in [9.17, 15) is 0 Å². The lowest BCUT2D eigenvalue weighted by Crippen LogP contribution is -2.24. The van der Waals surface area contributed by atoms with Gasteiger partial charge in [0.2, 0.25) is 0 Å². The molecule has 0 saturated heterocycles. The van der Waals surface area contributed by atoms with E-state index in [1.54, 1.807) is 0 Å². The monoisotopic (exact) mass is 382 g/mol. The van der Waals surface area contributed by atoms with E-state index in [0.717, 1.165) is 27.3 Å². The van der Waals surface area contributed by atoms with Gasteiger partial charge in [-0.2, -0.15) is 0 Å². The summed E-state index contributed by atoms with van der Waals surface area (Å²) in [5, 5.41) is 1.82. The molecule has 0 aliphatic carbocycles. The molecule has 28 heavy (non-hydrogen) atoms. The zero-order valence-corrected chi connectivity index (χ0v) is 16.8. The molecule has 0 aromatic heterocycles. The molecule has 0 fully saturated rings. The minimum Gasteiger partial charge on any atom is -0.313 e. The molecule has 4 aromatic rings. The Morgan fingerprint density at radius 3 is 1.50 bits per heavy atom. The Balaban J connectivity index is 2.06. The lowest BCUT2D eigenvalue weighted by atomic mass is 10.0. The standard InChI is InChI=1S/C26H23OP/c1-21-13-11-12-20-25(21)28(27,24-18-9-4-10-19-24)26(22-14-5-2-6-15-22)23-16-7-3-8-17-23/h2-20,26H,1H3. The quantitative estimate of drug-likeness (QED) is 0.381. The maximum Gasteiger partial charge on any atom is 0.154 e. The second kappa shape index (κ2) is 8.00. The molecule has 0 amide bonds. The first-order valence-corrected chi connectivity index (χ1v) is 11.3. The highest BCUT2D eigenvalue weighted by molar-refractivity contribution is 7.79. The molecule has 138 valence electrons. The van der Waals surface area contributed by atoms with Gasteiger partial charge in [-0.05, 0) is 23.6 Å². The average molecular weight is 382 g/mol. The molecule has 4 rings (SSSR count). The van der Waals surface area contributed by atoms with Crippen molar-refractivity contribution in [1.29, 1.82) is 0 Å². The first-order valence-electron chi connectivity index (χ1n) is 9.52. The molecule has 2 heteroatoms. The first-order chi connectivity index (χ1) is 13.7. The number of hydrogen-bond donors (Lipinski definition) is 0. The number of hydrogen-bond acceptors (Lipinski definition) is 1. The third-order valence-electron chi connectivity index (χ3n) is 5.21. The molecule has 4 aromatic carbocycles. The smallest absolute Gasteiger partial charge is 0.154 e. The van der Waals surface area contributed by atoms with Crippen LogP contribution in [0.5, 0.6) is 0 Å². The summed E-state index contributed by atoms with van der Waals surface area (Å²) < 4.78 is 15.1. The normalized spacial score (nSPS) is 13.2. The van der Waals surface area contributed by atoms with Crippen molar-refractivity contribution < 1.29 is 4.57 Å². The van der Waals surface area contributed by atoms with E-state index in [1.165, 1.54) is 0 Å². The van der Waals surface area contributed by atoms with Crippen molar-refractivity contribution in [3.63, 3.8) is 0 Å². The SMILES string of the molecule is Cc1ccccc1P(=O)(c1ccccc1)C(c1ccccc1)c1ccccc1. The third kappa shape index (κ3) is 3.35. The van der Waals surface area contributed by atoms with Crippen molar-refractivity contribution in [2.24, 2.45) is 0 Å².